The second kappa shape index (κ2) is 5.19. The van der Waals surface area contributed by atoms with E-state index in [4.69, 9.17) is 0 Å². The number of carbonyl (C=O) groups is 1. The lowest BCUT2D eigenvalue weighted by Crippen LogP contribution is -2.63. The number of nitrogens with zero attached hydrogens (tertiary/aromatic N) is 2. The van der Waals surface area contributed by atoms with Gasteiger partial charge in [-0.1, -0.05) is 31.2 Å². The molecule has 108 valence electrons. The van der Waals surface area contributed by atoms with Gasteiger partial charge in [-0.15, -0.1) is 0 Å². The van der Waals surface area contributed by atoms with Crippen LogP contribution in [0, 0.1) is 0 Å². The van der Waals surface area contributed by atoms with Crippen molar-refractivity contribution >= 4 is 5.91 Å². The third kappa shape index (κ3) is 2.58. The topological polar surface area (TPSA) is 43.8 Å². The first-order valence-corrected chi connectivity index (χ1v) is 7.39. The molecule has 2 heterocycles. The van der Waals surface area contributed by atoms with Crippen molar-refractivity contribution in [1.29, 1.82) is 0 Å². The molecule has 1 aromatic carbocycles. The van der Waals surface area contributed by atoms with Gasteiger partial charge in [-0.25, -0.2) is 0 Å². The Bertz CT molecular complexity index is 509. The second-order valence-corrected chi connectivity index (χ2v) is 6.06. The number of amides is 1. The van der Waals surface area contributed by atoms with E-state index in [0.29, 0.717) is 19.6 Å². The molecule has 0 aromatic heterocycles. The van der Waals surface area contributed by atoms with Crippen LogP contribution in [0.5, 0.6) is 0 Å². The van der Waals surface area contributed by atoms with E-state index in [9.17, 15) is 9.90 Å². The highest BCUT2D eigenvalue weighted by Gasteiger charge is 2.40. The van der Waals surface area contributed by atoms with Crippen molar-refractivity contribution in [3.63, 3.8) is 0 Å². The van der Waals surface area contributed by atoms with Crippen LogP contribution in [0.4, 0.5) is 0 Å². The molecule has 4 heteroatoms. The van der Waals surface area contributed by atoms with Gasteiger partial charge in [0.1, 0.15) is 0 Å². The Hall–Kier alpha value is -1.39. The molecule has 1 amide bonds. The summed E-state index contributed by atoms with van der Waals surface area (Å²) < 4.78 is 0. The molecule has 1 saturated heterocycles. The van der Waals surface area contributed by atoms with E-state index in [1.165, 1.54) is 11.1 Å². The van der Waals surface area contributed by atoms with Gasteiger partial charge in [0.15, 0.2) is 0 Å². The van der Waals surface area contributed by atoms with Crippen LogP contribution >= 0.6 is 0 Å². The van der Waals surface area contributed by atoms with E-state index in [2.05, 4.69) is 18.2 Å². The highest BCUT2D eigenvalue weighted by atomic mass is 16.3. The van der Waals surface area contributed by atoms with E-state index in [1.807, 2.05) is 22.8 Å². The smallest absolute Gasteiger partial charge is 0.237 e. The van der Waals surface area contributed by atoms with Crippen LogP contribution in [-0.4, -0.2) is 52.6 Å². The number of aliphatic hydroxyl groups is 1. The maximum absolute atomic E-state index is 12.3. The zero-order valence-electron chi connectivity index (χ0n) is 12.0. The maximum atomic E-state index is 12.3. The minimum absolute atomic E-state index is 0.178. The molecule has 20 heavy (non-hydrogen) atoms. The van der Waals surface area contributed by atoms with Gasteiger partial charge < -0.3 is 10.0 Å². The van der Waals surface area contributed by atoms with Gasteiger partial charge in [-0.05, 0) is 24.0 Å². The van der Waals surface area contributed by atoms with Gasteiger partial charge in [0.05, 0.1) is 12.1 Å². The molecular formula is C16H22N2O2. The van der Waals surface area contributed by atoms with Gasteiger partial charge in [0.2, 0.25) is 5.91 Å². The van der Waals surface area contributed by atoms with E-state index < -0.39 is 5.60 Å². The summed E-state index contributed by atoms with van der Waals surface area (Å²) in [5.74, 6) is 0.178. The summed E-state index contributed by atoms with van der Waals surface area (Å²) in [5, 5.41) is 9.98. The molecule has 0 bridgehead atoms. The summed E-state index contributed by atoms with van der Waals surface area (Å²) in [7, 11) is 0. The largest absolute Gasteiger partial charge is 0.387 e. The highest BCUT2D eigenvalue weighted by molar-refractivity contribution is 5.78. The Morgan fingerprint density at radius 3 is 2.70 bits per heavy atom. The summed E-state index contributed by atoms with van der Waals surface area (Å²) in [6.45, 7) is 5.20. The lowest BCUT2D eigenvalue weighted by Gasteiger charge is -2.46. The summed E-state index contributed by atoms with van der Waals surface area (Å²) >= 11 is 0. The van der Waals surface area contributed by atoms with E-state index in [1.54, 1.807) is 0 Å². The zero-order valence-corrected chi connectivity index (χ0v) is 12.0. The second-order valence-electron chi connectivity index (χ2n) is 6.06. The summed E-state index contributed by atoms with van der Waals surface area (Å²) in [5.41, 5.74) is 2.07. The van der Waals surface area contributed by atoms with Gasteiger partial charge in [0, 0.05) is 26.2 Å². The molecule has 0 saturated carbocycles. The van der Waals surface area contributed by atoms with Crippen molar-refractivity contribution in [3.05, 3.63) is 35.4 Å². The predicted molar refractivity (Wildman–Crippen MR) is 77.2 cm³/mol. The first-order valence-electron chi connectivity index (χ1n) is 7.39. The van der Waals surface area contributed by atoms with Crippen molar-refractivity contribution in [2.45, 2.75) is 31.9 Å². The molecule has 1 N–H and O–H groups in total. The predicted octanol–water partition coefficient (Wildman–Crippen LogP) is 1.03. The lowest BCUT2D eigenvalue weighted by atomic mass is 9.91. The number of rotatable bonds is 3. The number of fused-ring (bicyclic) bond motifs is 1. The normalized spacial score (nSPS) is 21.2. The Labute approximate surface area is 120 Å². The Kier molecular flexibility index (Phi) is 3.52. The molecule has 0 spiro atoms. The van der Waals surface area contributed by atoms with Gasteiger partial charge >= 0.3 is 0 Å². The average Bonchev–Trinajstić information content (AvgIpc) is 2.44. The Balaban J connectivity index is 1.55. The number of hydrogen-bond donors (Lipinski definition) is 1. The molecule has 4 nitrogen and oxygen atoms in total. The quantitative estimate of drug-likeness (QED) is 0.895. The number of benzene rings is 1. The fourth-order valence-corrected chi connectivity index (χ4v) is 3.12. The Morgan fingerprint density at radius 1 is 1.30 bits per heavy atom. The molecule has 0 unspecified atom stereocenters. The minimum Gasteiger partial charge on any atom is -0.387 e. The lowest BCUT2D eigenvalue weighted by molar-refractivity contribution is -0.142. The summed E-state index contributed by atoms with van der Waals surface area (Å²) in [6.07, 6.45) is 1.70. The molecule has 2 aliphatic heterocycles. The fourth-order valence-electron chi connectivity index (χ4n) is 3.12. The highest BCUT2D eigenvalue weighted by Crippen LogP contribution is 2.24. The van der Waals surface area contributed by atoms with Crippen LogP contribution in [0.15, 0.2) is 24.3 Å². The number of β-amino-alcohol motifs (C(OH)–C–C–N with tert-alkyl or cyclic N) is 1. The third-order valence-corrected chi connectivity index (χ3v) is 4.54. The van der Waals surface area contributed by atoms with E-state index in [0.717, 1.165) is 25.9 Å². The molecule has 3 rings (SSSR count). The van der Waals surface area contributed by atoms with Gasteiger partial charge in [-0.3, -0.25) is 9.69 Å². The average molecular weight is 274 g/mol. The van der Waals surface area contributed by atoms with Crippen LogP contribution in [-0.2, 0) is 17.8 Å². The molecule has 0 atom stereocenters. The van der Waals surface area contributed by atoms with Crippen LogP contribution in [0.3, 0.4) is 0 Å². The fraction of sp³-hybridized carbons (Fsp3) is 0.562. The first-order chi connectivity index (χ1) is 9.59. The molecule has 2 aliphatic rings. The van der Waals surface area contributed by atoms with Crippen LogP contribution in [0.2, 0.25) is 0 Å². The number of carbonyl (C=O) groups excluding carboxylic acids is 1. The zero-order chi connectivity index (χ0) is 14.2. The van der Waals surface area contributed by atoms with Crippen LogP contribution in [0.1, 0.15) is 24.5 Å². The van der Waals surface area contributed by atoms with Crippen molar-refractivity contribution in [2.24, 2.45) is 0 Å². The van der Waals surface area contributed by atoms with Crippen LogP contribution in [0.25, 0.3) is 0 Å². The Morgan fingerprint density at radius 2 is 2.00 bits per heavy atom. The van der Waals surface area contributed by atoms with Crippen LogP contribution < -0.4 is 0 Å². The molecule has 0 aliphatic carbocycles. The van der Waals surface area contributed by atoms with Crippen molar-refractivity contribution in [3.8, 4) is 0 Å². The molecule has 1 aromatic rings. The number of hydrogen-bond acceptors (Lipinski definition) is 3. The van der Waals surface area contributed by atoms with Crippen molar-refractivity contribution < 1.29 is 9.90 Å². The summed E-state index contributed by atoms with van der Waals surface area (Å²) in [6, 6.07) is 8.34. The van der Waals surface area contributed by atoms with E-state index >= 15 is 0 Å². The van der Waals surface area contributed by atoms with E-state index in [-0.39, 0.29) is 5.91 Å². The number of likely N-dealkylation sites (tertiary alicyclic amines) is 1. The van der Waals surface area contributed by atoms with Gasteiger partial charge in [0.25, 0.3) is 0 Å². The third-order valence-electron chi connectivity index (χ3n) is 4.54. The molecule has 1 fully saturated rings. The monoisotopic (exact) mass is 274 g/mol. The minimum atomic E-state index is -0.561. The maximum Gasteiger partial charge on any atom is 0.237 e. The molecule has 0 radical (unpaired) electrons. The standard InChI is InChI=1S/C16H22N2O2/c1-2-16(20)11-17(12-16)10-15(19)18-8-7-13-5-3-4-6-14(13)9-18/h3-6,20H,2,7-12H2,1H3. The SMILES string of the molecule is CCC1(O)CN(CC(=O)N2CCc3ccccc3C2)C1. The summed E-state index contributed by atoms with van der Waals surface area (Å²) in [4.78, 5) is 16.3. The van der Waals surface area contributed by atoms with Crippen molar-refractivity contribution in [2.75, 3.05) is 26.2 Å². The molecular weight excluding hydrogens is 252 g/mol. The first kappa shape index (κ1) is 13.6. The van der Waals surface area contributed by atoms with Gasteiger partial charge in [-0.2, -0.15) is 0 Å². The van der Waals surface area contributed by atoms with Crippen molar-refractivity contribution in [1.82, 2.24) is 9.80 Å².